The van der Waals surface area contributed by atoms with Gasteiger partial charge in [-0.15, -0.1) is 0 Å². The summed E-state index contributed by atoms with van der Waals surface area (Å²) in [6.07, 6.45) is 1.21. The summed E-state index contributed by atoms with van der Waals surface area (Å²) in [6.45, 7) is 7.96. The quantitative estimate of drug-likeness (QED) is 0.801. The molecular weight excluding hydrogens is 302 g/mol. The van der Waals surface area contributed by atoms with Gasteiger partial charge in [-0.05, 0) is 45.4 Å². The molecule has 0 spiro atoms. The van der Waals surface area contributed by atoms with E-state index in [1.54, 1.807) is 20.8 Å². The van der Waals surface area contributed by atoms with E-state index in [-0.39, 0.29) is 18.2 Å². The molecule has 0 bridgehead atoms. The first-order valence-electron chi connectivity index (χ1n) is 7.85. The Labute approximate surface area is 136 Å². The Hall–Kier alpha value is -1.69. The summed E-state index contributed by atoms with van der Waals surface area (Å²) in [4.78, 5) is 11.7. The van der Waals surface area contributed by atoms with Crippen LogP contribution >= 0.6 is 0 Å². The van der Waals surface area contributed by atoms with Crippen molar-refractivity contribution in [3.8, 4) is 0 Å². The van der Waals surface area contributed by atoms with Gasteiger partial charge in [0.25, 0.3) is 0 Å². The van der Waals surface area contributed by atoms with Crippen LogP contribution in [0.1, 0.15) is 46.1 Å². The number of hydrogen-bond acceptors (Lipinski definition) is 3. The zero-order chi connectivity index (χ0) is 17.5. The molecule has 0 aliphatic carbocycles. The Morgan fingerprint density at radius 2 is 2.00 bits per heavy atom. The second kappa shape index (κ2) is 8.82. The predicted octanol–water partition coefficient (Wildman–Crippen LogP) is 3.75. The van der Waals surface area contributed by atoms with Crippen LogP contribution in [0.3, 0.4) is 0 Å². The highest BCUT2D eigenvalue weighted by atomic mass is 19.1. The third-order valence-corrected chi connectivity index (χ3v) is 3.12. The molecule has 1 aromatic carbocycles. The number of rotatable bonds is 7. The molecule has 1 amide bonds. The number of hydrogen-bond donors (Lipinski definition) is 2. The second-order valence-electron chi connectivity index (χ2n) is 6.49. The monoisotopic (exact) mass is 328 g/mol. The normalized spacial score (nSPS) is 12.8. The summed E-state index contributed by atoms with van der Waals surface area (Å²) in [7, 11) is 0. The van der Waals surface area contributed by atoms with E-state index in [1.807, 2.05) is 6.92 Å². The molecule has 1 unspecified atom stereocenters. The Bertz CT molecular complexity index is 516. The Morgan fingerprint density at radius 3 is 2.61 bits per heavy atom. The van der Waals surface area contributed by atoms with Crippen molar-refractivity contribution in [3.05, 3.63) is 35.4 Å². The summed E-state index contributed by atoms with van der Waals surface area (Å²) in [5, 5.41) is 5.84. The second-order valence-corrected chi connectivity index (χ2v) is 6.49. The van der Waals surface area contributed by atoms with E-state index in [0.29, 0.717) is 6.54 Å². The van der Waals surface area contributed by atoms with Gasteiger partial charge < -0.3 is 15.4 Å². The van der Waals surface area contributed by atoms with Gasteiger partial charge in [0.15, 0.2) is 0 Å². The largest absolute Gasteiger partial charge is 0.444 e. The molecule has 0 saturated heterocycles. The molecule has 23 heavy (non-hydrogen) atoms. The van der Waals surface area contributed by atoms with E-state index in [9.17, 15) is 13.6 Å². The van der Waals surface area contributed by atoms with Gasteiger partial charge in [-0.2, -0.15) is 0 Å². The summed E-state index contributed by atoms with van der Waals surface area (Å²) in [5.74, 6) is -0.920. The van der Waals surface area contributed by atoms with E-state index in [1.165, 1.54) is 6.07 Å². The van der Waals surface area contributed by atoms with Crippen LogP contribution in [0, 0.1) is 11.6 Å². The van der Waals surface area contributed by atoms with Gasteiger partial charge in [-0.25, -0.2) is 13.6 Å². The zero-order valence-electron chi connectivity index (χ0n) is 14.2. The number of halogens is 2. The molecule has 4 nitrogen and oxygen atoms in total. The van der Waals surface area contributed by atoms with Crippen LogP contribution in [-0.2, 0) is 11.3 Å². The third-order valence-electron chi connectivity index (χ3n) is 3.12. The number of amides is 1. The average Bonchev–Trinajstić information content (AvgIpc) is 2.43. The van der Waals surface area contributed by atoms with Crippen LogP contribution in [0.2, 0.25) is 0 Å². The highest BCUT2D eigenvalue weighted by Gasteiger charge is 2.17. The van der Waals surface area contributed by atoms with Crippen LogP contribution in [0.5, 0.6) is 0 Å². The Balaban J connectivity index is 2.51. The summed E-state index contributed by atoms with van der Waals surface area (Å²) in [6, 6.07) is 3.33. The lowest BCUT2D eigenvalue weighted by molar-refractivity contribution is 0.0521. The first-order chi connectivity index (χ1) is 10.7. The van der Waals surface area contributed by atoms with Gasteiger partial charge in [0.05, 0.1) is 0 Å². The molecule has 2 N–H and O–H groups in total. The van der Waals surface area contributed by atoms with Crippen molar-refractivity contribution in [2.75, 3.05) is 6.54 Å². The molecule has 0 heterocycles. The van der Waals surface area contributed by atoms with Gasteiger partial charge in [0, 0.05) is 24.7 Å². The fourth-order valence-corrected chi connectivity index (χ4v) is 2.08. The maximum Gasteiger partial charge on any atom is 0.407 e. The molecule has 0 aliphatic rings. The minimum absolute atomic E-state index is 0.0461. The first-order valence-corrected chi connectivity index (χ1v) is 7.85. The van der Waals surface area contributed by atoms with Gasteiger partial charge in [-0.1, -0.05) is 13.3 Å². The highest BCUT2D eigenvalue weighted by molar-refractivity contribution is 5.67. The predicted molar refractivity (Wildman–Crippen MR) is 86.1 cm³/mol. The molecular formula is C17H26F2N2O2. The molecule has 130 valence electrons. The lowest BCUT2D eigenvalue weighted by Gasteiger charge is -2.22. The highest BCUT2D eigenvalue weighted by Crippen LogP contribution is 2.10. The number of carbonyl (C=O) groups excluding carboxylic acids is 1. The van der Waals surface area contributed by atoms with Crippen molar-refractivity contribution in [2.45, 2.75) is 58.7 Å². The minimum Gasteiger partial charge on any atom is -0.444 e. The lowest BCUT2D eigenvalue weighted by atomic mass is 10.1. The average molecular weight is 328 g/mol. The van der Waals surface area contributed by atoms with E-state index >= 15 is 0 Å². The zero-order valence-corrected chi connectivity index (χ0v) is 14.2. The maximum atomic E-state index is 13.6. The third kappa shape index (κ3) is 7.93. The van der Waals surface area contributed by atoms with Crippen molar-refractivity contribution in [1.29, 1.82) is 0 Å². The fraction of sp³-hybridized carbons (Fsp3) is 0.588. The number of nitrogens with one attached hydrogen (secondary N) is 2. The van der Waals surface area contributed by atoms with Crippen LogP contribution in [0.4, 0.5) is 13.6 Å². The van der Waals surface area contributed by atoms with Crippen LogP contribution < -0.4 is 10.6 Å². The lowest BCUT2D eigenvalue weighted by Crippen LogP contribution is -2.42. The van der Waals surface area contributed by atoms with Crippen LogP contribution in [0.15, 0.2) is 18.2 Å². The fourth-order valence-electron chi connectivity index (χ4n) is 2.08. The molecule has 0 aliphatic heterocycles. The van der Waals surface area contributed by atoms with Crippen LogP contribution in [0.25, 0.3) is 0 Å². The number of benzene rings is 1. The number of ether oxygens (including phenoxy) is 1. The molecule has 1 rings (SSSR count). The first kappa shape index (κ1) is 19.4. The molecule has 1 aromatic rings. The minimum atomic E-state index is -0.553. The van der Waals surface area contributed by atoms with E-state index in [4.69, 9.17) is 4.74 Å². The molecule has 1 atom stereocenters. The van der Waals surface area contributed by atoms with Gasteiger partial charge in [0.2, 0.25) is 0 Å². The summed E-state index contributed by atoms with van der Waals surface area (Å²) >= 11 is 0. The topological polar surface area (TPSA) is 50.4 Å². The molecule has 0 radical (unpaired) electrons. The molecule has 0 fully saturated rings. The summed E-state index contributed by atoms with van der Waals surface area (Å²) < 4.78 is 31.9. The smallest absolute Gasteiger partial charge is 0.407 e. The number of carbonyl (C=O) groups is 1. The van der Waals surface area contributed by atoms with Gasteiger partial charge in [-0.3, -0.25) is 0 Å². The Morgan fingerprint density at radius 1 is 1.30 bits per heavy atom. The molecule has 0 aromatic heterocycles. The van der Waals surface area contributed by atoms with Gasteiger partial charge >= 0.3 is 6.09 Å². The van der Waals surface area contributed by atoms with Crippen molar-refractivity contribution in [1.82, 2.24) is 10.6 Å². The van der Waals surface area contributed by atoms with Gasteiger partial charge in [0.1, 0.15) is 17.2 Å². The van der Waals surface area contributed by atoms with E-state index in [0.717, 1.165) is 25.0 Å². The van der Waals surface area contributed by atoms with Crippen LogP contribution in [-0.4, -0.2) is 24.3 Å². The maximum absolute atomic E-state index is 13.6. The SMILES string of the molecule is CCCC(CNC(=O)OC(C)(C)C)NCc1cc(F)ccc1F. The standard InChI is InChI=1S/C17H26F2N2O2/c1-5-6-14(11-21-16(22)23-17(2,3)4)20-10-12-9-13(18)7-8-15(12)19/h7-9,14,20H,5-6,10-11H2,1-4H3,(H,21,22). The van der Waals surface area contributed by atoms with Crippen molar-refractivity contribution in [3.63, 3.8) is 0 Å². The molecule has 6 heteroatoms. The molecule has 0 saturated carbocycles. The Kier molecular flexibility index (Phi) is 7.42. The van der Waals surface area contributed by atoms with E-state index in [2.05, 4.69) is 10.6 Å². The van der Waals surface area contributed by atoms with Crippen molar-refractivity contribution in [2.24, 2.45) is 0 Å². The van der Waals surface area contributed by atoms with Crippen molar-refractivity contribution < 1.29 is 18.3 Å². The summed E-state index contributed by atoms with van der Waals surface area (Å²) in [5.41, 5.74) is -0.286. The number of alkyl carbamates (subject to hydrolysis) is 1. The van der Waals surface area contributed by atoms with E-state index < -0.39 is 23.3 Å². The van der Waals surface area contributed by atoms with Crippen molar-refractivity contribution >= 4 is 6.09 Å².